The van der Waals surface area contributed by atoms with E-state index >= 15 is 0 Å². The number of guanidine groups is 1. The molecule has 2 rings (SSSR count). The SMILES string of the molecule is CN=C(NCc1cc(F)ccc1F)NCC1CN(C)CCN1C. The van der Waals surface area contributed by atoms with Crippen LogP contribution in [0.3, 0.4) is 0 Å². The number of benzene rings is 1. The molecule has 1 aromatic rings. The molecule has 1 heterocycles. The molecule has 2 N–H and O–H groups in total. The molecule has 0 spiro atoms. The van der Waals surface area contributed by atoms with Gasteiger partial charge in [0.2, 0.25) is 0 Å². The predicted octanol–water partition coefficient (Wildman–Crippen LogP) is 0.876. The van der Waals surface area contributed by atoms with E-state index in [9.17, 15) is 8.78 Å². The summed E-state index contributed by atoms with van der Waals surface area (Å²) in [6.07, 6.45) is 0. The van der Waals surface area contributed by atoms with Crippen molar-refractivity contribution >= 4 is 5.96 Å². The second kappa shape index (κ2) is 8.21. The maximum Gasteiger partial charge on any atom is 0.191 e. The van der Waals surface area contributed by atoms with Gasteiger partial charge in [-0.25, -0.2) is 8.78 Å². The van der Waals surface area contributed by atoms with Gasteiger partial charge in [0.15, 0.2) is 5.96 Å². The second-order valence-electron chi connectivity index (χ2n) is 5.94. The van der Waals surface area contributed by atoms with Crippen LogP contribution in [0.1, 0.15) is 5.56 Å². The molecule has 0 aliphatic carbocycles. The Balaban J connectivity index is 1.85. The number of piperazine rings is 1. The molecule has 128 valence electrons. The number of nitrogens with zero attached hydrogens (tertiary/aromatic N) is 3. The maximum atomic E-state index is 13.6. The van der Waals surface area contributed by atoms with Gasteiger partial charge in [-0.05, 0) is 32.3 Å². The van der Waals surface area contributed by atoms with Gasteiger partial charge in [0.1, 0.15) is 11.6 Å². The van der Waals surface area contributed by atoms with Crippen LogP contribution >= 0.6 is 0 Å². The van der Waals surface area contributed by atoms with E-state index in [4.69, 9.17) is 0 Å². The number of nitrogens with one attached hydrogen (secondary N) is 2. The lowest BCUT2D eigenvalue weighted by Gasteiger charge is -2.37. The standard InChI is InChI=1S/C16H25F2N5/c1-19-16(20-9-12-8-13(17)4-5-15(12)18)21-10-14-11-22(2)6-7-23(14)3/h4-5,8,14H,6-7,9-11H2,1-3H3,(H2,19,20,21). The summed E-state index contributed by atoms with van der Waals surface area (Å²) >= 11 is 0. The Labute approximate surface area is 136 Å². The average Bonchev–Trinajstić information content (AvgIpc) is 2.53. The predicted molar refractivity (Wildman–Crippen MR) is 88.5 cm³/mol. The average molecular weight is 325 g/mol. The number of hydrogen-bond donors (Lipinski definition) is 2. The smallest absolute Gasteiger partial charge is 0.191 e. The van der Waals surface area contributed by atoms with E-state index in [2.05, 4.69) is 39.5 Å². The molecule has 1 aliphatic heterocycles. The van der Waals surface area contributed by atoms with Gasteiger partial charge in [-0.15, -0.1) is 0 Å². The van der Waals surface area contributed by atoms with Gasteiger partial charge < -0.3 is 15.5 Å². The highest BCUT2D eigenvalue weighted by molar-refractivity contribution is 5.79. The Morgan fingerprint density at radius 1 is 1.26 bits per heavy atom. The first kappa shape index (κ1) is 17.6. The molecule has 7 heteroatoms. The molecule has 1 aliphatic rings. The molecular formula is C16H25F2N5. The first-order valence-corrected chi connectivity index (χ1v) is 7.77. The van der Waals surface area contributed by atoms with Crippen LogP contribution in [0.15, 0.2) is 23.2 Å². The molecule has 1 aromatic carbocycles. The summed E-state index contributed by atoms with van der Waals surface area (Å²) in [6.45, 7) is 4.01. The van der Waals surface area contributed by atoms with Crippen LogP contribution in [0.25, 0.3) is 0 Å². The first-order chi connectivity index (χ1) is 11.0. The summed E-state index contributed by atoms with van der Waals surface area (Å²) in [6, 6.07) is 3.83. The first-order valence-electron chi connectivity index (χ1n) is 7.77. The molecule has 0 saturated carbocycles. The summed E-state index contributed by atoms with van der Waals surface area (Å²) in [4.78, 5) is 8.74. The van der Waals surface area contributed by atoms with E-state index in [0.29, 0.717) is 12.0 Å². The van der Waals surface area contributed by atoms with Gasteiger partial charge in [-0.2, -0.15) is 0 Å². The lowest BCUT2D eigenvalue weighted by atomic mass is 10.2. The van der Waals surface area contributed by atoms with E-state index < -0.39 is 11.6 Å². The molecule has 0 radical (unpaired) electrons. The fourth-order valence-corrected chi connectivity index (χ4v) is 2.61. The van der Waals surface area contributed by atoms with Gasteiger partial charge in [0, 0.05) is 51.4 Å². The van der Waals surface area contributed by atoms with Crippen molar-refractivity contribution in [3.05, 3.63) is 35.4 Å². The van der Waals surface area contributed by atoms with E-state index in [1.807, 2.05) is 0 Å². The highest BCUT2D eigenvalue weighted by Gasteiger charge is 2.22. The molecule has 0 bridgehead atoms. The van der Waals surface area contributed by atoms with Crippen molar-refractivity contribution in [3.63, 3.8) is 0 Å². The molecule has 0 aromatic heterocycles. The van der Waals surface area contributed by atoms with Crippen molar-refractivity contribution in [1.29, 1.82) is 0 Å². The highest BCUT2D eigenvalue weighted by atomic mass is 19.1. The molecule has 1 fully saturated rings. The summed E-state index contributed by atoms with van der Waals surface area (Å²) in [5, 5.41) is 6.27. The monoisotopic (exact) mass is 325 g/mol. The van der Waals surface area contributed by atoms with Crippen molar-refractivity contribution in [1.82, 2.24) is 20.4 Å². The Kier molecular flexibility index (Phi) is 6.29. The van der Waals surface area contributed by atoms with Crippen molar-refractivity contribution in [3.8, 4) is 0 Å². The zero-order valence-electron chi connectivity index (χ0n) is 13.9. The van der Waals surface area contributed by atoms with Crippen LogP contribution in [-0.2, 0) is 6.54 Å². The molecular weight excluding hydrogens is 300 g/mol. The number of hydrogen-bond acceptors (Lipinski definition) is 3. The van der Waals surface area contributed by atoms with Gasteiger partial charge >= 0.3 is 0 Å². The number of aliphatic imine (C=N–C) groups is 1. The Morgan fingerprint density at radius 3 is 2.78 bits per heavy atom. The zero-order valence-corrected chi connectivity index (χ0v) is 13.9. The fourth-order valence-electron chi connectivity index (χ4n) is 2.61. The van der Waals surface area contributed by atoms with Crippen LogP contribution in [0.5, 0.6) is 0 Å². The Morgan fingerprint density at radius 2 is 2.04 bits per heavy atom. The molecule has 1 unspecified atom stereocenters. The van der Waals surface area contributed by atoms with Crippen LogP contribution in [0.2, 0.25) is 0 Å². The molecule has 1 saturated heterocycles. The van der Waals surface area contributed by atoms with Gasteiger partial charge in [-0.3, -0.25) is 9.89 Å². The van der Waals surface area contributed by atoms with E-state index in [-0.39, 0.29) is 12.1 Å². The zero-order chi connectivity index (χ0) is 16.8. The highest BCUT2D eigenvalue weighted by Crippen LogP contribution is 2.09. The fraction of sp³-hybridized carbons (Fsp3) is 0.562. The minimum absolute atomic E-state index is 0.184. The summed E-state index contributed by atoms with van der Waals surface area (Å²) < 4.78 is 26.8. The molecule has 0 amide bonds. The Bertz CT molecular complexity index is 549. The van der Waals surface area contributed by atoms with E-state index in [1.165, 1.54) is 6.07 Å². The maximum absolute atomic E-state index is 13.6. The largest absolute Gasteiger partial charge is 0.355 e. The number of halogens is 2. The Hall–Kier alpha value is -1.73. The van der Waals surface area contributed by atoms with E-state index in [1.54, 1.807) is 7.05 Å². The number of likely N-dealkylation sites (N-methyl/N-ethyl adjacent to an activating group) is 2. The van der Waals surface area contributed by atoms with Crippen LogP contribution in [0.4, 0.5) is 8.78 Å². The second-order valence-corrected chi connectivity index (χ2v) is 5.94. The minimum atomic E-state index is -0.446. The topological polar surface area (TPSA) is 42.9 Å². The summed E-state index contributed by atoms with van der Waals surface area (Å²) in [5.74, 6) is -0.295. The van der Waals surface area contributed by atoms with Crippen molar-refractivity contribution in [2.24, 2.45) is 4.99 Å². The van der Waals surface area contributed by atoms with Gasteiger partial charge in [0.05, 0.1) is 0 Å². The van der Waals surface area contributed by atoms with Crippen molar-refractivity contribution in [2.45, 2.75) is 12.6 Å². The summed E-state index contributed by atoms with van der Waals surface area (Å²) in [7, 11) is 5.88. The minimum Gasteiger partial charge on any atom is -0.355 e. The lowest BCUT2D eigenvalue weighted by molar-refractivity contribution is 0.116. The number of rotatable bonds is 4. The van der Waals surface area contributed by atoms with Gasteiger partial charge in [0.25, 0.3) is 0 Å². The normalized spacial score (nSPS) is 20.6. The summed E-state index contributed by atoms with van der Waals surface area (Å²) in [5.41, 5.74) is 0.280. The third kappa shape index (κ3) is 5.14. The van der Waals surface area contributed by atoms with Crippen LogP contribution < -0.4 is 10.6 Å². The third-order valence-electron chi connectivity index (χ3n) is 4.16. The molecule has 5 nitrogen and oxygen atoms in total. The molecule has 1 atom stereocenters. The van der Waals surface area contributed by atoms with Crippen molar-refractivity contribution in [2.75, 3.05) is 47.3 Å². The quantitative estimate of drug-likeness (QED) is 0.637. The van der Waals surface area contributed by atoms with Gasteiger partial charge in [-0.1, -0.05) is 0 Å². The van der Waals surface area contributed by atoms with E-state index in [0.717, 1.165) is 38.3 Å². The molecule has 23 heavy (non-hydrogen) atoms. The van der Waals surface area contributed by atoms with Crippen LogP contribution in [0, 0.1) is 11.6 Å². The lowest BCUT2D eigenvalue weighted by Crippen LogP contribution is -2.55. The third-order valence-corrected chi connectivity index (χ3v) is 4.16. The van der Waals surface area contributed by atoms with Crippen molar-refractivity contribution < 1.29 is 8.78 Å². The van der Waals surface area contributed by atoms with Crippen LogP contribution in [-0.4, -0.2) is 69.1 Å².